The van der Waals surface area contributed by atoms with Gasteiger partial charge in [0, 0.05) is 11.6 Å². The summed E-state index contributed by atoms with van der Waals surface area (Å²) in [5, 5.41) is 24.2. The van der Waals surface area contributed by atoms with Crippen LogP contribution >= 0.6 is 0 Å². The Labute approximate surface area is 131 Å². The van der Waals surface area contributed by atoms with E-state index in [0.29, 0.717) is 11.3 Å². The molecule has 0 unspecified atom stereocenters. The maximum Gasteiger partial charge on any atom is 0.282 e. The van der Waals surface area contributed by atoms with Crippen molar-refractivity contribution in [3.8, 4) is 11.5 Å². The molecule has 118 valence electrons. The fourth-order valence-corrected chi connectivity index (χ4v) is 1.81. The summed E-state index contributed by atoms with van der Waals surface area (Å²) in [5.74, 6) is -0.264. The molecular weight excluding hydrogens is 302 g/mol. The van der Waals surface area contributed by atoms with Crippen LogP contribution in [-0.4, -0.2) is 29.3 Å². The largest absolute Gasteiger partial charge is 0.507 e. The molecule has 2 N–H and O–H groups in total. The number of benzene rings is 2. The van der Waals surface area contributed by atoms with Crippen molar-refractivity contribution >= 4 is 17.8 Å². The third-order valence-electron chi connectivity index (χ3n) is 2.95. The predicted octanol–water partition coefficient (Wildman–Crippen LogP) is 2.07. The van der Waals surface area contributed by atoms with E-state index in [1.807, 2.05) is 0 Å². The van der Waals surface area contributed by atoms with Crippen molar-refractivity contribution in [1.29, 1.82) is 0 Å². The highest BCUT2D eigenvalue weighted by Gasteiger charge is 2.18. The Morgan fingerprint density at radius 3 is 2.78 bits per heavy atom. The van der Waals surface area contributed by atoms with Crippen LogP contribution < -0.4 is 10.2 Å². The molecular formula is C15H13N3O5. The number of nitro groups is 1. The Morgan fingerprint density at radius 2 is 2.09 bits per heavy atom. The van der Waals surface area contributed by atoms with E-state index in [4.69, 9.17) is 4.74 Å². The first-order valence-electron chi connectivity index (χ1n) is 6.46. The fourth-order valence-electron chi connectivity index (χ4n) is 1.81. The van der Waals surface area contributed by atoms with Gasteiger partial charge in [0.2, 0.25) is 0 Å². The topological polar surface area (TPSA) is 114 Å². The quantitative estimate of drug-likeness (QED) is 0.498. The van der Waals surface area contributed by atoms with Gasteiger partial charge in [-0.25, -0.2) is 5.43 Å². The van der Waals surface area contributed by atoms with Crippen molar-refractivity contribution in [2.24, 2.45) is 5.10 Å². The number of amides is 1. The highest BCUT2D eigenvalue weighted by molar-refractivity contribution is 5.98. The van der Waals surface area contributed by atoms with E-state index in [2.05, 4.69) is 10.5 Å². The van der Waals surface area contributed by atoms with Crippen LogP contribution in [0.5, 0.6) is 11.5 Å². The molecule has 0 heterocycles. The molecule has 0 bridgehead atoms. The minimum Gasteiger partial charge on any atom is -0.507 e. The summed E-state index contributed by atoms with van der Waals surface area (Å²) in [5.41, 5.74) is 2.09. The molecule has 0 saturated heterocycles. The average molecular weight is 315 g/mol. The predicted molar refractivity (Wildman–Crippen MR) is 82.8 cm³/mol. The van der Waals surface area contributed by atoms with Crippen molar-refractivity contribution in [2.45, 2.75) is 0 Å². The first-order valence-corrected chi connectivity index (χ1v) is 6.46. The van der Waals surface area contributed by atoms with Crippen LogP contribution in [0.4, 0.5) is 5.69 Å². The molecule has 23 heavy (non-hydrogen) atoms. The Bertz CT molecular complexity index is 773. The monoisotopic (exact) mass is 315 g/mol. The first-order chi connectivity index (χ1) is 11.0. The molecule has 2 aromatic rings. The molecule has 0 aliphatic rings. The highest BCUT2D eigenvalue weighted by atomic mass is 16.6. The lowest BCUT2D eigenvalue weighted by Gasteiger charge is -2.03. The number of phenolic OH excluding ortho intramolecular Hbond substituents is 1. The van der Waals surface area contributed by atoms with Gasteiger partial charge in [-0.1, -0.05) is 12.1 Å². The summed E-state index contributed by atoms with van der Waals surface area (Å²) in [6.07, 6.45) is 1.21. The molecule has 0 atom stereocenters. The number of nitro benzene ring substituents is 1. The molecule has 0 radical (unpaired) electrons. The van der Waals surface area contributed by atoms with E-state index in [9.17, 15) is 20.0 Å². The van der Waals surface area contributed by atoms with Crippen LogP contribution in [0, 0.1) is 10.1 Å². The number of nitrogens with zero attached hydrogens (tertiary/aromatic N) is 2. The number of hydrogen-bond donors (Lipinski definition) is 2. The van der Waals surface area contributed by atoms with E-state index in [0.717, 1.165) is 0 Å². The van der Waals surface area contributed by atoms with Gasteiger partial charge in [0.05, 0.1) is 18.2 Å². The zero-order valence-corrected chi connectivity index (χ0v) is 12.1. The van der Waals surface area contributed by atoms with Gasteiger partial charge < -0.3 is 9.84 Å². The van der Waals surface area contributed by atoms with Crippen LogP contribution in [0.3, 0.4) is 0 Å². The number of carbonyl (C=O) groups is 1. The van der Waals surface area contributed by atoms with Crippen molar-refractivity contribution in [3.63, 3.8) is 0 Å². The van der Waals surface area contributed by atoms with E-state index in [1.165, 1.54) is 49.7 Å². The van der Waals surface area contributed by atoms with Gasteiger partial charge in [-0.15, -0.1) is 0 Å². The number of methoxy groups -OCH3 is 1. The van der Waals surface area contributed by atoms with Gasteiger partial charge in [0.1, 0.15) is 17.1 Å². The maximum absolute atomic E-state index is 12.0. The van der Waals surface area contributed by atoms with Crippen LogP contribution in [0.1, 0.15) is 15.9 Å². The number of hydrazone groups is 1. The van der Waals surface area contributed by atoms with E-state index in [1.54, 1.807) is 6.07 Å². The molecule has 1 amide bonds. The normalized spacial score (nSPS) is 10.5. The van der Waals surface area contributed by atoms with Crippen molar-refractivity contribution in [3.05, 3.63) is 63.7 Å². The summed E-state index contributed by atoms with van der Waals surface area (Å²) >= 11 is 0. The molecule has 2 aromatic carbocycles. The van der Waals surface area contributed by atoms with Crippen LogP contribution in [0.15, 0.2) is 47.6 Å². The number of phenols is 1. The van der Waals surface area contributed by atoms with Crippen LogP contribution in [0.25, 0.3) is 0 Å². The third-order valence-corrected chi connectivity index (χ3v) is 2.95. The standard InChI is InChI=1S/C15H13N3O5/c1-23-11-6-7-14(19)10(8-11)9-16-17-15(20)12-4-2-3-5-13(12)18(21)22/h2-9,19H,1H3,(H,17,20)/b16-9+. The number of rotatable bonds is 5. The zero-order valence-electron chi connectivity index (χ0n) is 12.1. The lowest BCUT2D eigenvalue weighted by atomic mass is 10.2. The molecule has 0 aliphatic heterocycles. The van der Waals surface area contributed by atoms with Crippen molar-refractivity contribution in [1.82, 2.24) is 5.43 Å². The maximum atomic E-state index is 12.0. The van der Waals surface area contributed by atoms with Crippen LogP contribution in [0.2, 0.25) is 0 Å². The van der Waals surface area contributed by atoms with E-state index in [-0.39, 0.29) is 17.0 Å². The molecule has 0 saturated carbocycles. The Morgan fingerprint density at radius 1 is 1.35 bits per heavy atom. The van der Waals surface area contributed by atoms with E-state index >= 15 is 0 Å². The first kappa shape index (κ1) is 16.0. The summed E-state index contributed by atoms with van der Waals surface area (Å²) in [7, 11) is 1.48. The summed E-state index contributed by atoms with van der Waals surface area (Å²) in [6.45, 7) is 0. The molecule has 8 heteroatoms. The van der Waals surface area contributed by atoms with E-state index < -0.39 is 10.8 Å². The van der Waals surface area contributed by atoms with Crippen molar-refractivity contribution < 1.29 is 19.6 Å². The van der Waals surface area contributed by atoms with Crippen LogP contribution in [-0.2, 0) is 0 Å². The number of hydrogen-bond acceptors (Lipinski definition) is 6. The van der Waals surface area contributed by atoms with Gasteiger partial charge in [-0.2, -0.15) is 5.10 Å². The molecule has 0 aliphatic carbocycles. The average Bonchev–Trinajstić information content (AvgIpc) is 2.56. The van der Waals surface area contributed by atoms with Gasteiger partial charge >= 0.3 is 0 Å². The van der Waals surface area contributed by atoms with Gasteiger partial charge in [-0.05, 0) is 24.3 Å². The summed E-state index contributed by atoms with van der Waals surface area (Å²) < 4.78 is 5.01. The number of ether oxygens (including phenoxy) is 1. The smallest absolute Gasteiger partial charge is 0.282 e. The second-order valence-electron chi connectivity index (χ2n) is 4.40. The second-order valence-corrected chi connectivity index (χ2v) is 4.40. The number of aromatic hydroxyl groups is 1. The van der Waals surface area contributed by atoms with Crippen molar-refractivity contribution in [2.75, 3.05) is 7.11 Å². The molecule has 0 aromatic heterocycles. The zero-order chi connectivity index (χ0) is 16.8. The lowest BCUT2D eigenvalue weighted by molar-refractivity contribution is -0.385. The Balaban J connectivity index is 2.15. The summed E-state index contributed by atoms with van der Waals surface area (Å²) in [6, 6.07) is 10.0. The number of para-hydroxylation sites is 1. The number of carbonyl (C=O) groups excluding carboxylic acids is 1. The highest BCUT2D eigenvalue weighted by Crippen LogP contribution is 2.21. The summed E-state index contributed by atoms with van der Waals surface area (Å²) in [4.78, 5) is 22.2. The Kier molecular flexibility index (Phi) is 4.88. The lowest BCUT2D eigenvalue weighted by Crippen LogP contribution is -2.18. The molecule has 0 fully saturated rings. The molecule has 8 nitrogen and oxygen atoms in total. The van der Waals surface area contributed by atoms with Gasteiger partial charge in [-0.3, -0.25) is 14.9 Å². The third kappa shape index (κ3) is 3.82. The van der Waals surface area contributed by atoms with Gasteiger partial charge in [0.25, 0.3) is 11.6 Å². The molecule has 0 spiro atoms. The SMILES string of the molecule is COc1ccc(O)c(/C=N/NC(=O)c2ccccc2[N+](=O)[O-])c1. The minimum absolute atomic E-state index is 0.0468. The van der Waals surface area contributed by atoms with Gasteiger partial charge in [0.15, 0.2) is 0 Å². The Hall–Kier alpha value is -3.42. The minimum atomic E-state index is -0.726. The number of nitrogens with one attached hydrogen (secondary N) is 1. The fraction of sp³-hybridized carbons (Fsp3) is 0.0667. The molecule has 2 rings (SSSR count). The second kappa shape index (κ2) is 7.03.